The molecule has 3 nitrogen and oxygen atoms in total. The summed E-state index contributed by atoms with van der Waals surface area (Å²) >= 11 is 18.0. The molecular formula is C20H12Cl3NO2. The zero-order chi connectivity index (χ0) is 18.1. The molecule has 0 saturated heterocycles. The van der Waals surface area contributed by atoms with Crippen LogP contribution >= 0.6 is 34.8 Å². The highest BCUT2D eigenvalue weighted by Crippen LogP contribution is 2.28. The SMILES string of the molecule is Clc1ccc(COc2ccc(-c3nc4cc(Cl)ccc4o3)cc2)c(Cl)c1. The van der Waals surface area contributed by atoms with E-state index in [0.717, 1.165) is 22.4 Å². The predicted molar refractivity (Wildman–Crippen MR) is 105 cm³/mol. The highest BCUT2D eigenvalue weighted by atomic mass is 35.5. The molecule has 0 radical (unpaired) electrons. The zero-order valence-corrected chi connectivity index (χ0v) is 15.6. The Morgan fingerprint density at radius 1 is 0.846 bits per heavy atom. The second-order valence-electron chi connectivity index (χ2n) is 5.68. The molecule has 4 aromatic rings. The molecule has 0 atom stereocenters. The standard InChI is InChI=1S/C20H12Cl3NO2/c21-14-4-1-13(17(23)9-14)11-25-16-6-2-12(3-7-16)20-24-18-10-15(22)5-8-19(18)26-20/h1-10H,11H2. The third-order valence-electron chi connectivity index (χ3n) is 3.86. The molecule has 0 fully saturated rings. The van der Waals surface area contributed by atoms with Gasteiger partial charge in [-0.25, -0.2) is 4.98 Å². The van der Waals surface area contributed by atoms with Gasteiger partial charge in [0.2, 0.25) is 5.89 Å². The van der Waals surface area contributed by atoms with Crippen LogP contribution < -0.4 is 4.74 Å². The normalized spacial score (nSPS) is 11.0. The molecule has 6 heteroatoms. The van der Waals surface area contributed by atoms with Crippen LogP contribution in [0.15, 0.2) is 65.1 Å². The van der Waals surface area contributed by atoms with E-state index in [9.17, 15) is 0 Å². The van der Waals surface area contributed by atoms with Gasteiger partial charge in [0.25, 0.3) is 0 Å². The van der Waals surface area contributed by atoms with Crippen LogP contribution in [0.4, 0.5) is 0 Å². The maximum Gasteiger partial charge on any atom is 0.227 e. The van der Waals surface area contributed by atoms with Gasteiger partial charge in [-0.3, -0.25) is 0 Å². The number of fused-ring (bicyclic) bond motifs is 1. The van der Waals surface area contributed by atoms with Gasteiger partial charge in [0.15, 0.2) is 5.58 Å². The molecule has 1 aromatic heterocycles. The van der Waals surface area contributed by atoms with Crippen molar-refractivity contribution < 1.29 is 9.15 Å². The lowest BCUT2D eigenvalue weighted by molar-refractivity contribution is 0.306. The Labute approximate surface area is 165 Å². The number of aromatic nitrogens is 1. The molecule has 26 heavy (non-hydrogen) atoms. The molecule has 0 aliphatic rings. The fourth-order valence-corrected chi connectivity index (χ4v) is 3.15. The third kappa shape index (κ3) is 3.65. The van der Waals surface area contributed by atoms with E-state index in [1.54, 1.807) is 24.3 Å². The summed E-state index contributed by atoms with van der Waals surface area (Å²) in [5, 5.41) is 1.81. The maximum atomic E-state index is 6.16. The van der Waals surface area contributed by atoms with Gasteiger partial charge in [0.05, 0.1) is 0 Å². The van der Waals surface area contributed by atoms with E-state index in [4.69, 9.17) is 44.0 Å². The lowest BCUT2D eigenvalue weighted by Gasteiger charge is -2.08. The van der Waals surface area contributed by atoms with Crippen molar-refractivity contribution in [2.75, 3.05) is 0 Å². The largest absolute Gasteiger partial charge is 0.489 e. The fourth-order valence-electron chi connectivity index (χ4n) is 2.52. The molecule has 0 bridgehead atoms. The minimum Gasteiger partial charge on any atom is -0.489 e. The molecule has 0 unspecified atom stereocenters. The Hall–Kier alpha value is -2.20. The van der Waals surface area contributed by atoms with Crippen LogP contribution in [0.1, 0.15) is 5.56 Å². The van der Waals surface area contributed by atoms with Crippen LogP contribution in [0.3, 0.4) is 0 Å². The van der Waals surface area contributed by atoms with E-state index in [1.807, 2.05) is 36.4 Å². The van der Waals surface area contributed by atoms with Gasteiger partial charge in [-0.05, 0) is 54.6 Å². The number of nitrogens with zero attached hydrogens (tertiary/aromatic N) is 1. The summed E-state index contributed by atoms with van der Waals surface area (Å²) in [4.78, 5) is 4.47. The van der Waals surface area contributed by atoms with E-state index in [2.05, 4.69) is 4.98 Å². The van der Waals surface area contributed by atoms with Crippen LogP contribution in [0, 0.1) is 0 Å². The first-order chi connectivity index (χ1) is 12.6. The van der Waals surface area contributed by atoms with Crippen molar-refractivity contribution in [2.45, 2.75) is 6.61 Å². The molecule has 1 heterocycles. The Kier molecular flexibility index (Phi) is 4.77. The molecule has 130 valence electrons. The summed E-state index contributed by atoms with van der Waals surface area (Å²) in [5.74, 6) is 1.26. The fraction of sp³-hybridized carbons (Fsp3) is 0.0500. The zero-order valence-electron chi connectivity index (χ0n) is 13.4. The minimum absolute atomic E-state index is 0.358. The number of halogens is 3. The second-order valence-corrected chi connectivity index (χ2v) is 6.96. The minimum atomic E-state index is 0.358. The number of hydrogen-bond acceptors (Lipinski definition) is 3. The molecule has 0 N–H and O–H groups in total. The highest BCUT2D eigenvalue weighted by molar-refractivity contribution is 6.35. The van der Waals surface area contributed by atoms with Crippen LogP contribution in [0.5, 0.6) is 5.75 Å². The Bertz CT molecular complexity index is 1070. The molecule has 3 aromatic carbocycles. The van der Waals surface area contributed by atoms with Crippen molar-refractivity contribution in [1.82, 2.24) is 4.98 Å². The van der Waals surface area contributed by atoms with Gasteiger partial charge in [0, 0.05) is 26.2 Å². The van der Waals surface area contributed by atoms with Crippen molar-refractivity contribution >= 4 is 45.9 Å². The van der Waals surface area contributed by atoms with Gasteiger partial charge < -0.3 is 9.15 Å². The average Bonchev–Trinajstić information content (AvgIpc) is 3.04. The molecule has 0 amide bonds. The average molecular weight is 405 g/mol. The van der Waals surface area contributed by atoms with E-state index < -0.39 is 0 Å². The summed E-state index contributed by atoms with van der Waals surface area (Å²) in [5.41, 5.74) is 3.15. The first-order valence-corrected chi connectivity index (χ1v) is 8.95. The summed E-state index contributed by atoms with van der Waals surface area (Å²) < 4.78 is 11.5. The predicted octanol–water partition coefficient (Wildman–Crippen LogP) is 7.03. The van der Waals surface area contributed by atoms with E-state index in [1.165, 1.54) is 0 Å². The summed E-state index contributed by atoms with van der Waals surface area (Å²) in [6, 6.07) is 18.2. The van der Waals surface area contributed by atoms with E-state index in [0.29, 0.717) is 33.1 Å². The first kappa shape index (κ1) is 17.2. The smallest absolute Gasteiger partial charge is 0.227 e. The summed E-state index contributed by atoms with van der Waals surface area (Å²) in [6.45, 7) is 0.358. The van der Waals surface area contributed by atoms with Gasteiger partial charge in [-0.15, -0.1) is 0 Å². The van der Waals surface area contributed by atoms with Crippen molar-refractivity contribution in [2.24, 2.45) is 0 Å². The lowest BCUT2D eigenvalue weighted by atomic mass is 10.2. The van der Waals surface area contributed by atoms with E-state index in [-0.39, 0.29) is 0 Å². The van der Waals surface area contributed by atoms with Crippen molar-refractivity contribution in [3.63, 3.8) is 0 Å². The van der Waals surface area contributed by atoms with Crippen molar-refractivity contribution in [1.29, 1.82) is 0 Å². The van der Waals surface area contributed by atoms with Gasteiger partial charge >= 0.3 is 0 Å². The van der Waals surface area contributed by atoms with Gasteiger partial charge in [-0.2, -0.15) is 0 Å². The van der Waals surface area contributed by atoms with Crippen LogP contribution in [0.2, 0.25) is 15.1 Å². The number of benzene rings is 3. The Balaban J connectivity index is 1.50. The number of oxazole rings is 1. The molecular weight excluding hydrogens is 393 g/mol. The maximum absolute atomic E-state index is 6.16. The number of rotatable bonds is 4. The number of hydrogen-bond donors (Lipinski definition) is 0. The van der Waals surface area contributed by atoms with Crippen molar-refractivity contribution in [3.8, 4) is 17.2 Å². The monoisotopic (exact) mass is 403 g/mol. The van der Waals surface area contributed by atoms with E-state index >= 15 is 0 Å². The van der Waals surface area contributed by atoms with Crippen molar-refractivity contribution in [3.05, 3.63) is 81.3 Å². The quantitative estimate of drug-likeness (QED) is 0.366. The molecule has 0 spiro atoms. The summed E-state index contributed by atoms with van der Waals surface area (Å²) in [7, 11) is 0. The molecule has 0 aliphatic heterocycles. The molecule has 0 saturated carbocycles. The van der Waals surface area contributed by atoms with Crippen LogP contribution in [-0.4, -0.2) is 4.98 Å². The first-order valence-electron chi connectivity index (χ1n) is 7.82. The van der Waals surface area contributed by atoms with Gasteiger partial charge in [0.1, 0.15) is 17.9 Å². The lowest BCUT2D eigenvalue weighted by Crippen LogP contribution is -1.96. The van der Waals surface area contributed by atoms with Gasteiger partial charge in [-0.1, -0.05) is 40.9 Å². The summed E-state index contributed by atoms with van der Waals surface area (Å²) in [6.07, 6.45) is 0. The second kappa shape index (κ2) is 7.20. The topological polar surface area (TPSA) is 35.3 Å². The Morgan fingerprint density at radius 3 is 2.35 bits per heavy atom. The van der Waals surface area contributed by atoms with Crippen LogP contribution in [0.25, 0.3) is 22.6 Å². The molecule has 0 aliphatic carbocycles. The Morgan fingerprint density at radius 2 is 1.58 bits per heavy atom. The highest BCUT2D eigenvalue weighted by Gasteiger charge is 2.09. The number of ether oxygens (including phenoxy) is 1. The molecule has 4 rings (SSSR count). The van der Waals surface area contributed by atoms with Crippen LogP contribution in [-0.2, 0) is 6.61 Å². The third-order valence-corrected chi connectivity index (χ3v) is 4.68.